The smallest absolute Gasteiger partial charge is 0.244 e. The Balaban J connectivity index is 1.59. The van der Waals surface area contributed by atoms with Crippen molar-refractivity contribution in [2.45, 2.75) is 45.3 Å². The topological polar surface area (TPSA) is 129 Å². The summed E-state index contributed by atoms with van der Waals surface area (Å²) >= 11 is 0. The Hall–Kier alpha value is -3.27. The van der Waals surface area contributed by atoms with Crippen LogP contribution >= 0.6 is 0 Å². The molecule has 4 rings (SSSR count). The molecule has 0 radical (unpaired) electrons. The number of nitrogens with one attached hydrogen (secondary N) is 2. The van der Waals surface area contributed by atoms with Gasteiger partial charge in [-0.2, -0.15) is 0 Å². The average Bonchev–Trinajstić information content (AvgIpc) is 3.42. The molecule has 2 heterocycles. The molecule has 35 heavy (non-hydrogen) atoms. The van der Waals surface area contributed by atoms with Gasteiger partial charge in [-0.1, -0.05) is 36.4 Å². The molecule has 1 aliphatic carbocycles. The molecule has 0 saturated carbocycles. The zero-order valence-corrected chi connectivity index (χ0v) is 20.3. The van der Waals surface area contributed by atoms with Crippen LogP contribution in [-0.4, -0.2) is 69.0 Å². The number of hydrogen-bond acceptors (Lipinski definition) is 6. The van der Waals surface area contributed by atoms with E-state index in [-0.39, 0.29) is 36.9 Å². The first-order valence-corrected chi connectivity index (χ1v) is 12.4. The first-order chi connectivity index (χ1) is 17.0. The van der Waals surface area contributed by atoms with Crippen LogP contribution in [0.4, 0.5) is 0 Å². The van der Waals surface area contributed by atoms with Crippen molar-refractivity contribution in [3.8, 4) is 0 Å². The van der Waals surface area contributed by atoms with Crippen LogP contribution in [0.5, 0.6) is 0 Å². The summed E-state index contributed by atoms with van der Waals surface area (Å²) in [7, 11) is 1.58. The fraction of sp³-hybridized carbons (Fsp3) is 0.560. The van der Waals surface area contributed by atoms with E-state index in [1.54, 1.807) is 16.6 Å². The number of aliphatic hydroxyl groups excluding tert-OH is 1. The minimum atomic E-state index is -0.711. The molecule has 0 bridgehead atoms. The monoisotopic (exact) mass is 482 g/mol. The summed E-state index contributed by atoms with van der Waals surface area (Å²) in [6, 6.07) is 6.78. The second-order valence-electron chi connectivity index (χ2n) is 9.24. The second-order valence-corrected chi connectivity index (χ2v) is 9.24. The summed E-state index contributed by atoms with van der Waals surface area (Å²) < 4.78 is 1.62. The van der Waals surface area contributed by atoms with Gasteiger partial charge in [0.2, 0.25) is 17.7 Å². The highest BCUT2D eigenvalue weighted by atomic mass is 16.3. The van der Waals surface area contributed by atoms with Gasteiger partial charge in [0.25, 0.3) is 0 Å². The van der Waals surface area contributed by atoms with Gasteiger partial charge in [0, 0.05) is 26.1 Å². The van der Waals surface area contributed by atoms with E-state index < -0.39 is 23.8 Å². The normalized spacial score (nSPS) is 25.6. The minimum Gasteiger partial charge on any atom is -0.396 e. The van der Waals surface area contributed by atoms with Crippen LogP contribution in [0, 0.1) is 23.7 Å². The van der Waals surface area contributed by atoms with Gasteiger partial charge in [0.1, 0.15) is 18.2 Å². The number of nitrogens with zero attached hydrogens (tertiary/aromatic N) is 4. The molecule has 2 aliphatic rings. The van der Waals surface area contributed by atoms with Gasteiger partial charge >= 0.3 is 0 Å². The summed E-state index contributed by atoms with van der Waals surface area (Å²) in [4.78, 5) is 41.7. The Labute approximate surface area is 204 Å². The molecule has 188 valence electrons. The van der Waals surface area contributed by atoms with E-state index in [2.05, 4.69) is 20.9 Å². The third kappa shape index (κ3) is 4.80. The Bertz CT molecular complexity index is 1100. The molecule has 1 aromatic carbocycles. The number of likely N-dealkylation sites (tertiary alicyclic amines) is 1. The molecular formula is C25H34N6O4. The lowest BCUT2D eigenvalue weighted by molar-refractivity contribution is -0.140. The fourth-order valence-corrected chi connectivity index (χ4v) is 5.51. The van der Waals surface area contributed by atoms with Crippen LogP contribution < -0.4 is 10.6 Å². The van der Waals surface area contributed by atoms with Crippen LogP contribution in [0.15, 0.2) is 36.4 Å². The van der Waals surface area contributed by atoms with E-state index in [4.69, 9.17) is 5.11 Å². The Morgan fingerprint density at radius 1 is 1.11 bits per heavy atom. The van der Waals surface area contributed by atoms with E-state index >= 15 is 0 Å². The van der Waals surface area contributed by atoms with Gasteiger partial charge in [0.15, 0.2) is 0 Å². The molecule has 5 atom stereocenters. The van der Waals surface area contributed by atoms with Gasteiger partial charge in [-0.15, -0.1) is 5.10 Å². The van der Waals surface area contributed by atoms with E-state index in [9.17, 15) is 14.4 Å². The average molecular weight is 483 g/mol. The highest BCUT2D eigenvalue weighted by Gasteiger charge is 2.56. The van der Waals surface area contributed by atoms with Crippen molar-refractivity contribution in [1.82, 2.24) is 30.5 Å². The predicted octanol–water partition coefficient (Wildman–Crippen LogP) is 1.07. The van der Waals surface area contributed by atoms with Crippen molar-refractivity contribution < 1.29 is 19.5 Å². The van der Waals surface area contributed by atoms with Crippen molar-refractivity contribution in [2.24, 2.45) is 23.7 Å². The SMILES string of the molecule is CC[C@@H]1C=C[C@H]2[C@H](C(=O)N(CCCCCO)[C@@H]2C(=O)NCn2nnc3ccccc32)[C@@H]1C(=O)NC. The molecule has 0 spiro atoms. The summed E-state index contributed by atoms with van der Waals surface area (Å²) in [5, 5.41) is 23.0. The number of allylic oxidation sites excluding steroid dienone is 1. The molecule has 1 fully saturated rings. The number of hydrogen-bond donors (Lipinski definition) is 3. The Kier molecular flexibility index (Phi) is 7.80. The Morgan fingerprint density at radius 2 is 1.91 bits per heavy atom. The van der Waals surface area contributed by atoms with Crippen LogP contribution in [-0.2, 0) is 21.1 Å². The van der Waals surface area contributed by atoms with E-state index in [1.165, 1.54) is 0 Å². The maximum absolute atomic E-state index is 13.7. The number of fused-ring (bicyclic) bond motifs is 2. The van der Waals surface area contributed by atoms with E-state index in [0.717, 1.165) is 23.9 Å². The largest absolute Gasteiger partial charge is 0.396 e. The van der Waals surface area contributed by atoms with Crippen LogP contribution in [0.25, 0.3) is 11.0 Å². The van der Waals surface area contributed by atoms with Crippen LogP contribution in [0.2, 0.25) is 0 Å². The van der Waals surface area contributed by atoms with Crippen molar-refractivity contribution in [1.29, 1.82) is 0 Å². The lowest BCUT2D eigenvalue weighted by Gasteiger charge is -2.33. The number of carbonyl (C=O) groups excluding carboxylic acids is 3. The van der Waals surface area contributed by atoms with Gasteiger partial charge < -0.3 is 20.6 Å². The third-order valence-corrected chi connectivity index (χ3v) is 7.28. The summed E-state index contributed by atoms with van der Waals surface area (Å²) in [6.45, 7) is 2.62. The van der Waals surface area contributed by atoms with Crippen molar-refractivity contribution in [3.05, 3.63) is 36.4 Å². The molecule has 1 aromatic heterocycles. The molecule has 10 heteroatoms. The number of para-hydroxylation sites is 1. The van der Waals surface area contributed by atoms with Crippen LogP contribution in [0.1, 0.15) is 32.6 Å². The number of amides is 3. The molecule has 0 unspecified atom stereocenters. The van der Waals surface area contributed by atoms with Crippen molar-refractivity contribution in [2.75, 3.05) is 20.2 Å². The fourth-order valence-electron chi connectivity index (χ4n) is 5.51. The number of benzene rings is 1. The Morgan fingerprint density at radius 3 is 2.66 bits per heavy atom. The number of aromatic nitrogens is 3. The molecule has 10 nitrogen and oxygen atoms in total. The van der Waals surface area contributed by atoms with Crippen molar-refractivity contribution >= 4 is 28.8 Å². The lowest BCUT2D eigenvalue weighted by Crippen LogP contribution is -2.48. The predicted molar refractivity (Wildman–Crippen MR) is 130 cm³/mol. The van der Waals surface area contributed by atoms with Crippen molar-refractivity contribution in [3.63, 3.8) is 0 Å². The van der Waals surface area contributed by atoms with E-state index in [0.29, 0.717) is 19.4 Å². The first-order valence-electron chi connectivity index (χ1n) is 12.4. The van der Waals surface area contributed by atoms with Gasteiger partial charge in [0.05, 0.1) is 17.4 Å². The standard InChI is InChI=1S/C25H34N6O4/c1-3-16-11-12-17-21(20(16)23(33)26-2)25(35)30(13-7-4-8-14-32)22(17)24(34)27-15-31-19-10-6-5-9-18(19)28-29-31/h5-6,9-12,16-17,20-22,32H,3-4,7-8,13-15H2,1-2H3,(H,26,33)(H,27,34)/t16-,17+,20-,21+,22+/m1/s1. The molecule has 1 saturated heterocycles. The minimum absolute atomic E-state index is 0.0558. The zero-order valence-electron chi connectivity index (χ0n) is 20.3. The zero-order chi connectivity index (χ0) is 24.9. The van der Waals surface area contributed by atoms with Crippen LogP contribution in [0.3, 0.4) is 0 Å². The lowest BCUT2D eigenvalue weighted by atomic mass is 9.69. The highest BCUT2D eigenvalue weighted by molar-refractivity contribution is 5.96. The second kappa shape index (κ2) is 11.0. The molecular weight excluding hydrogens is 448 g/mol. The van der Waals surface area contributed by atoms with Gasteiger partial charge in [-0.05, 0) is 43.7 Å². The molecule has 3 N–H and O–H groups in total. The number of unbranched alkanes of at least 4 members (excludes halogenated alkanes) is 2. The van der Waals surface area contributed by atoms with Gasteiger partial charge in [-0.25, -0.2) is 4.68 Å². The molecule has 1 aliphatic heterocycles. The summed E-state index contributed by atoms with van der Waals surface area (Å²) in [5.74, 6) is -2.13. The summed E-state index contributed by atoms with van der Waals surface area (Å²) in [6.07, 6.45) is 6.76. The first kappa shape index (κ1) is 24.8. The highest BCUT2D eigenvalue weighted by Crippen LogP contribution is 2.45. The van der Waals surface area contributed by atoms with Gasteiger partial charge in [-0.3, -0.25) is 14.4 Å². The maximum atomic E-state index is 13.7. The molecule has 2 aromatic rings. The van der Waals surface area contributed by atoms with E-state index in [1.807, 2.05) is 43.3 Å². The summed E-state index contributed by atoms with van der Waals surface area (Å²) in [5.41, 5.74) is 1.54. The maximum Gasteiger partial charge on any atom is 0.244 e. The quantitative estimate of drug-likeness (QED) is 0.343. The number of rotatable bonds is 10. The number of carbonyl (C=O) groups is 3. The number of aliphatic hydroxyl groups is 1. The molecule has 3 amide bonds. The third-order valence-electron chi connectivity index (χ3n) is 7.28.